The summed E-state index contributed by atoms with van der Waals surface area (Å²) < 4.78 is 35.3. The minimum atomic E-state index is -4.17. The quantitative estimate of drug-likeness (QED) is 0.754. The monoisotopic (exact) mass is 211 g/mol. The highest BCUT2D eigenvalue weighted by molar-refractivity contribution is 5.78. The van der Waals surface area contributed by atoms with E-state index in [0.717, 1.165) is 0 Å². The predicted octanol–water partition coefficient (Wildman–Crippen LogP) is 0.922. The Balaban J connectivity index is 2.22. The van der Waals surface area contributed by atoms with Crippen molar-refractivity contribution < 1.29 is 23.1 Å². The summed E-state index contributed by atoms with van der Waals surface area (Å²) >= 11 is 0. The number of aliphatic hydroxyl groups is 1. The van der Waals surface area contributed by atoms with Gasteiger partial charge in [-0.05, 0) is 6.42 Å². The van der Waals surface area contributed by atoms with Gasteiger partial charge in [-0.2, -0.15) is 13.2 Å². The first-order valence-corrected chi connectivity index (χ1v) is 4.41. The van der Waals surface area contributed by atoms with Crippen molar-refractivity contribution in [3.63, 3.8) is 0 Å². The van der Waals surface area contributed by atoms with Crippen LogP contribution >= 0.6 is 0 Å². The van der Waals surface area contributed by atoms with Crippen molar-refractivity contribution in [3.8, 4) is 0 Å². The molecule has 6 heteroatoms. The Bertz CT molecular complexity index is 217. The third kappa shape index (κ3) is 3.53. The van der Waals surface area contributed by atoms with Crippen LogP contribution in [0, 0.1) is 0 Å². The summed E-state index contributed by atoms with van der Waals surface area (Å²) in [6, 6.07) is 0. The molecule has 1 unspecified atom stereocenters. The maximum Gasteiger partial charge on any atom is 0.389 e. The van der Waals surface area contributed by atoms with E-state index >= 15 is 0 Å². The summed E-state index contributed by atoms with van der Waals surface area (Å²) in [4.78, 5) is 12.3. The molecule has 0 saturated carbocycles. The van der Waals surface area contributed by atoms with Crippen LogP contribution in [0.25, 0.3) is 0 Å². The van der Waals surface area contributed by atoms with Gasteiger partial charge in [0, 0.05) is 19.5 Å². The van der Waals surface area contributed by atoms with Gasteiger partial charge in [0.2, 0.25) is 5.91 Å². The van der Waals surface area contributed by atoms with Crippen LogP contribution in [0.4, 0.5) is 13.2 Å². The molecule has 1 heterocycles. The molecule has 3 nitrogen and oxygen atoms in total. The largest absolute Gasteiger partial charge is 0.391 e. The summed E-state index contributed by atoms with van der Waals surface area (Å²) in [6.07, 6.45) is -5.82. The van der Waals surface area contributed by atoms with Crippen LogP contribution in [0.15, 0.2) is 0 Å². The van der Waals surface area contributed by atoms with Gasteiger partial charge in [0.05, 0.1) is 12.5 Å². The SMILES string of the molecule is O=C1CC(O)CN1CCCC(F)(F)F. The Morgan fingerprint density at radius 1 is 1.50 bits per heavy atom. The molecule has 0 aromatic heterocycles. The van der Waals surface area contributed by atoms with Gasteiger partial charge in [0.15, 0.2) is 0 Å². The van der Waals surface area contributed by atoms with Crippen LogP contribution in [-0.2, 0) is 4.79 Å². The van der Waals surface area contributed by atoms with E-state index in [-0.39, 0.29) is 31.8 Å². The van der Waals surface area contributed by atoms with Gasteiger partial charge in [-0.3, -0.25) is 4.79 Å². The molecule has 0 aromatic carbocycles. The molecule has 0 radical (unpaired) electrons. The molecule has 1 fully saturated rings. The number of aliphatic hydroxyl groups excluding tert-OH is 1. The highest BCUT2D eigenvalue weighted by atomic mass is 19.4. The van der Waals surface area contributed by atoms with Gasteiger partial charge in [-0.15, -0.1) is 0 Å². The number of rotatable bonds is 3. The minimum Gasteiger partial charge on any atom is -0.391 e. The molecule has 1 saturated heterocycles. The van der Waals surface area contributed by atoms with Crippen LogP contribution in [0.1, 0.15) is 19.3 Å². The molecule has 1 aliphatic rings. The molecule has 1 atom stereocenters. The molecule has 0 aromatic rings. The predicted molar refractivity (Wildman–Crippen MR) is 42.5 cm³/mol. The van der Waals surface area contributed by atoms with Gasteiger partial charge in [0.1, 0.15) is 0 Å². The molecule has 0 spiro atoms. The van der Waals surface area contributed by atoms with Crippen molar-refractivity contribution in [1.29, 1.82) is 0 Å². The smallest absolute Gasteiger partial charge is 0.389 e. The molecule has 0 aliphatic carbocycles. The fraction of sp³-hybridized carbons (Fsp3) is 0.875. The summed E-state index contributed by atoms with van der Waals surface area (Å²) in [6.45, 7) is 0.242. The number of alkyl halides is 3. The average Bonchev–Trinajstić information content (AvgIpc) is 2.27. The molecule has 14 heavy (non-hydrogen) atoms. The Morgan fingerprint density at radius 3 is 2.57 bits per heavy atom. The van der Waals surface area contributed by atoms with Gasteiger partial charge in [-0.1, -0.05) is 0 Å². The molecule has 82 valence electrons. The third-order valence-electron chi connectivity index (χ3n) is 2.08. The third-order valence-corrected chi connectivity index (χ3v) is 2.08. The second kappa shape index (κ2) is 4.16. The van der Waals surface area contributed by atoms with E-state index in [4.69, 9.17) is 5.11 Å². The maximum atomic E-state index is 11.8. The zero-order valence-corrected chi connectivity index (χ0v) is 7.55. The maximum absolute atomic E-state index is 11.8. The lowest BCUT2D eigenvalue weighted by Gasteiger charge is -2.15. The van der Waals surface area contributed by atoms with Crippen LogP contribution in [-0.4, -0.2) is 41.3 Å². The number of amides is 1. The van der Waals surface area contributed by atoms with Crippen molar-refractivity contribution in [3.05, 3.63) is 0 Å². The zero-order chi connectivity index (χ0) is 10.8. The van der Waals surface area contributed by atoms with E-state index in [2.05, 4.69) is 0 Å². The minimum absolute atomic E-state index is 0.0337. The lowest BCUT2D eigenvalue weighted by atomic mass is 10.3. The number of carbonyl (C=O) groups excluding carboxylic acids is 1. The summed E-state index contributed by atoms with van der Waals surface area (Å²) in [7, 11) is 0. The van der Waals surface area contributed by atoms with Gasteiger partial charge < -0.3 is 10.0 Å². The number of halogens is 3. The lowest BCUT2D eigenvalue weighted by molar-refractivity contribution is -0.139. The lowest BCUT2D eigenvalue weighted by Crippen LogP contribution is -2.27. The summed E-state index contributed by atoms with van der Waals surface area (Å²) in [5.41, 5.74) is 0. The van der Waals surface area contributed by atoms with E-state index in [1.165, 1.54) is 4.90 Å². The van der Waals surface area contributed by atoms with E-state index in [1.54, 1.807) is 0 Å². The molecular weight excluding hydrogens is 199 g/mol. The van der Waals surface area contributed by atoms with Crippen LogP contribution < -0.4 is 0 Å². The Morgan fingerprint density at radius 2 is 2.14 bits per heavy atom. The summed E-state index contributed by atoms with van der Waals surface area (Å²) in [5.74, 6) is -0.264. The van der Waals surface area contributed by atoms with Crippen molar-refractivity contribution in [2.24, 2.45) is 0 Å². The Kier molecular flexibility index (Phi) is 3.36. The van der Waals surface area contributed by atoms with E-state index in [9.17, 15) is 18.0 Å². The second-order valence-corrected chi connectivity index (χ2v) is 3.42. The second-order valence-electron chi connectivity index (χ2n) is 3.42. The molecular formula is C8H12F3NO2. The first-order valence-electron chi connectivity index (χ1n) is 4.41. The van der Waals surface area contributed by atoms with Crippen LogP contribution in [0.3, 0.4) is 0 Å². The topological polar surface area (TPSA) is 40.5 Å². The van der Waals surface area contributed by atoms with Crippen molar-refractivity contribution in [2.75, 3.05) is 13.1 Å². The van der Waals surface area contributed by atoms with Gasteiger partial charge in [0.25, 0.3) is 0 Å². The fourth-order valence-corrected chi connectivity index (χ4v) is 1.44. The standard InChI is InChI=1S/C8H12F3NO2/c9-8(10,11)2-1-3-12-5-6(13)4-7(12)14/h6,13H,1-5H2. The number of likely N-dealkylation sites (tertiary alicyclic amines) is 1. The number of hydrogen-bond acceptors (Lipinski definition) is 2. The molecule has 1 aliphatic heterocycles. The number of β-amino-alcohol motifs (C(OH)–C–C–N with tert-alkyl or cyclic N) is 1. The Hall–Kier alpha value is -0.780. The van der Waals surface area contributed by atoms with Gasteiger partial charge in [-0.25, -0.2) is 0 Å². The van der Waals surface area contributed by atoms with E-state index in [1.807, 2.05) is 0 Å². The highest BCUT2D eigenvalue weighted by Gasteiger charge is 2.30. The van der Waals surface area contributed by atoms with Crippen LogP contribution in [0.5, 0.6) is 0 Å². The molecule has 1 N–H and O–H groups in total. The summed E-state index contributed by atoms with van der Waals surface area (Å²) in [5, 5.41) is 9.04. The number of carbonyl (C=O) groups is 1. The van der Waals surface area contributed by atoms with Crippen molar-refractivity contribution in [2.45, 2.75) is 31.5 Å². The molecule has 0 bridgehead atoms. The van der Waals surface area contributed by atoms with Gasteiger partial charge >= 0.3 is 6.18 Å². The van der Waals surface area contributed by atoms with Crippen molar-refractivity contribution >= 4 is 5.91 Å². The van der Waals surface area contributed by atoms with E-state index < -0.39 is 18.7 Å². The average molecular weight is 211 g/mol. The highest BCUT2D eigenvalue weighted by Crippen LogP contribution is 2.22. The fourth-order valence-electron chi connectivity index (χ4n) is 1.44. The van der Waals surface area contributed by atoms with Crippen LogP contribution in [0.2, 0.25) is 0 Å². The normalized spacial score (nSPS) is 23.3. The van der Waals surface area contributed by atoms with E-state index in [0.29, 0.717) is 0 Å². The molecule has 1 amide bonds. The Labute approximate surface area is 79.5 Å². The molecule has 1 rings (SSSR count). The number of hydrogen-bond donors (Lipinski definition) is 1. The zero-order valence-electron chi connectivity index (χ0n) is 7.55. The number of nitrogens with zero attached hydrogens (tertiary/aromatic N) is 1. The van der Waals surface area contributed by atoms with Crippen molar-refractivity contribution in [1.82, 2.24) is 4.90 Å². The first-order chi connectivity index (χ1) is 6.38. The first kappa shape index (κ1) is 11.3.